The van der Waals surface area contributed by atoms with Gasteiger partial charge in [0.15, 0.2) is 0 Å². The van der Waals surface area contributed by atoms with Gasteiger partial charge in [0.25, 0.3) is 0 Å². The second-order valence-corrected chi connectivity index (χ2v) is 5.34. The van der Waals surface area contributed by atoms with Gasteiger partial charge in [-0.3, -0.25) is 4.57 Å². The molecule has 102 valence electrons. The van der Waals surface area contributed by atoms with Crippen LogP contribution < -0.4 is 11.4 Å². The fourth-order valence-corrected chi connectivity index (χ4v) is 3.35. The van der Waals surface area contributed by atoms with Crippen molar-refractivity contribution in [3.05, 3.63) is 33.2 Å². The number of azide groups is 1. The molecule has 1 aliphatic rings. The average molecular weight is 284 g/mol. The molecule has 1 aliphatic heterocycles. The van der Waals surface area contributed by atoms with Gasteiger partial charge in [-0.05, 0) is 11.6 Å². The van der Waals surface area contributed by atoms with Gasteiger partial charge in [0.1, 0.15) is 5.82 Å². The topological polar surface area (TPSA) is 150 Å². The Hall–Kier alpha value is -1.74. The predicted molar refractivity (Wildman–Crippen MR) is 69.4 cm³/mol. The van der Waals surface area contributed by atoms with E-state index in [-0.39, 0.29) is 12.4 Å². The van der Waals surface area contributed by atoms with Gasteiger partial charge in [-0.2, -0.15) is 4.98 Å². The van der Waals surface area contributed by atoms with Crippen LogP contribution in [0.15, 0.2) is 22.2 Å². The van der Waals surface area contributed by atoms with Crippen molar-refractivity contribution in [2.75, 3.05) is 12.3 Å². The van der Waals surface area contributed by atoms with E-state index in [9.17, 15) is 9.90 Å². The van der Waals surface area contributed by atoms with Gasteiger partial charge in [-0.25, -0.2) is 4.79 Å². The van der Waals surface area contributed by atoms with Crippen molar-refractivity contribution in [1.29, 1.82) is 0 Å². The molecule has 0 bridgehead atoms. The van der Waals surface area contributed by atoms with Gasteiger partial charge in [-0.15, -0.1) is 11.8 Å². The minimum absolute atomic E-state index is 0.0869. The highest BCUT2D eigenvalue weighted by atomic mass is 32.2. The summed E-state index contributed by atoms with van der Waals surface area (Å²) >= 11 is 1.16. The Bertz CT molecular complexity index is 571. The van der Waals surface area contributed by atoms with Crippen LogP contribution in [-0.2, 0) is 0 Å². The maximum atomic E-state index is 11.8. The Kier molecular flexibility index (Phi) is 3.96. The Morgan fingerprint density at radius 3 is 3.00 bits per heavy atom. The highest BCUT2D eigenvalue weighted by molar-refractivity contribution is 8.00. The lowest BCUT2D eigenvalue weighted by molar-refractivity contribution is 0.120. The molecule has 2 heterocycles. The van der Waals surface area contributed by atoms with Crippen LogP contribution in [0.4, 0.5) is 5.82 Å². The molecule has 0 unspecified atom stereocenters. The molecule has 1 saturated heterocycles. The van der Waals surface area contributed by atoms with Crippen molar-refractivity contribution in [2.45, 2.75) is 22.8 Å². The monoisotopic (exact) mass is 284 g/mol. The Balaban J connectivity index is 2.41. The normalized spacial score (nSPS) is 30.0. The minimum atomic E-state index is -1.03. The van der Waals surface area contributed by atoms with E-state index >= 15 is 0 Å². The number of anilines is 1. The van der Waals surface area contributed by atoms with Crippen molar-refractivity contribution in [1.82, 2.24) is 9.55 Å². The van der Waals surface area contributed by atoms with Crippen LogP contribution >= 0.6 is 11.8 Å². The summed E-state index contributed by atoms with van der Waals surface area (Å²) in [6, 6.07) is 0.587. The molecule has 0 saturated carbocycles. The fourth-order valence-electron chi connectivity index (χ4n) is 1.91. The molecule has 1 fully saturated rings. The van der Waals surface area contributed by atoms with Gasteiger partial charge in [0, 0.05) is 11.1 Å². The minimum Gasteiger partial charge on any atom is -0.395 e. The first-order chi connectivity index (χ1) is 9.08. The number of hydrogen-bond acceptors (Lipinski definition) is 7. The maximum Gasteiger partial charge on any atom is 0.350 e. The van der Waals surface area contributed by atoms with Crippen molar-refractivity contribution in [2.24, 2.45) is 5.11 Å². The van der Waals surface area contributed by atoms with E-state index in [0.29, 0.717) is 0 Å². The lowest BCUT2D eigenvalue weighted by Gasteiger charge is -2.17. The van der Waals surface area contributed by atoms with Crippen molar-refractivity contribution in [3.63, 3.8) is 0 Å². The summed E-state index contributed by atoms with van der Waals surface area (Å²) in [6.45, 7) is -0.281. The van der Waals surface area contributed by atoms with Crippen LogP contribution in [0.3, 0.4) is 0 Å². The number of aromatic nitrogens is 2. The number of aliphatic hydroxyl groups excluding tert-OH is 2. The van der Waals surface area contributed by atoms with Crippen LogP contribution in [0.25, 0.3) is 10.4 Å². The van der Waals surface area contributed by atoms with Gasteiger partial charge >= 0.3 is 5.69 Å². The molecular formula is C9H12N6O3S. The first-order valence-electron chi connectivity index (χ1n) is 5.41. The molecule has 0 aromatic carbocycles. The molecule has 0 aliphatic carbocycles. The smallest absolute Gasteiger partial charge is 0.350 e. The summed E-state index contributed by atoms with van der Waals surface area (Å²) in [7, 11) is 0. The Morgan fingerprint density at radius 1 is 1.68 bits per heavy atom. The molecule has 2 rings (SSSR count). The van der Waals surface area contributed by atoms with E-state index in [1.165, 1.54) is 16.8 Å². The predicted octanol–water partition coefficient (Wildman–Crippen LogP) is -0.528. The van der Waals surface area contributed by atoms with E-state index in [0.717, 1.165) is 11.8 Å². The quantitative estimate of drug-likeness (QED) is 0.385. The molecule has 10 heteroatoms. The summed E-state index contributed by atoms with van der Waals surface area (Å²) in [6.07, 6.45) is 0.398. The first-order valence-corrected chi connectivity index (χ1v) is 6.36. The molecule has 0 radical (unpaired) electrons. The van der Waals surface area contributed by atoms with E-state index in [2.05, 4.69) is 15.0 Å². The van der Waals surface area contributed by atoms with Gasteiger partial charge < -0.3 is 15.9 Å². The van der Waals surface area contributed by atoms with Crippen LogP contribution in [0, 0.1) is 0 Å². The zero-order valence-electron chi connectivity index (χ0n) is 9.70. The third kappa shape index (κ3) is 2.51. The fraction of sp³-hybridized carbons (Fsp3) is 0.556. The summed E-state index contributed by atoms with van der Waals surface area (Å²) in [5.74, 6) is 0.0869. The summed E-state index contributed by atoms with van der Waals surface area (Å²) in [5, 5.41) is 21.5. The third-order valence-electron chi connectivity index (χ3n) is 2.83. The van der Waals surface area contributed by atoms with Crippen molar-refractivity contribution >= 4 is 17.6 Å². The van der Waals surface area contributed by atoms with Gasteiger partial charge in [0.05, 0.1) is 29.4 Å². The number of hydrogen-bond donors (Lipinski definition) is 3. The maximum absolute atomic E-state index is 11.8. The second kappa shape index (κ2) is 5.49. The largest absolute Gasteiger partial charge is 0.395 e. The Morgan fingerprint density at radius 2 is 2.42 bits per heavy atom. The number of rotatable bonds is 3. The molecule has 9 nitrogen and oxygen atoms in total. The number of nitrogens with two attached hydrogens (primary N) is 1. The highest BCUT2D eigenvalue weighted by Crippen LogP contribution is 2.42. The van der Waals surface area contributed by atoms with E-state index < -0.39 is 28.5 Å². The Labute approximate surface area is 111 Å². The highest BCUT2D eigenvalue weighted by Gasteiger charge is 2.43. The van der Waals surface area contributed by atoms with Crippen LogP contribution in [0.1, 0.15) is 5.37 Å². The zero-order chi connectivity index (χ0) is 14.0. The molecule has 4 atom stereocenters. The number of aliphatic hydroxyl groups is 2. The van der Waals surface area contributed by atoms with E-state index in [1.807, 2.05) is 0 Å². The van der Waals surface area contributed by atoms with Crippen LogP contribution in [-0.4, -0.2) is 43.8 Å². The standard InChI is InChI=1S/C9H12N6O3S/c10-5-1-2-15(9(18)12-5)8-6(13-14-11)7(17)4(3-16)19-8/h1-2,4,6-8,16-17H,3H2,(H2,10,12,18)/t4-,6-,7-,8+/m1/s1. The van der Waals surface area contributed by atoms with Crippen LogP contribution in [0.2, 0.25) is 0 Å². The van der Waals surface area contributed by atoms with Crippen molar-refractivity contribution < 1.29 is 10.2 Å². The van der Waals surface area contributed by atoms with Crippen LogP contribution in [0.5, 0.6) is 0 Å². The van der Waals surface area contributed by atoms with Gasteiger partial charge in [0.2, 0.25) is 0 Å². The summed E-state index contributed by atoms with van der Waals surface area (Å²) in [4.78, 5) is 18.0. The number of nitrogen functional groups attached to an aromatic ring is 1. The average Bonchev–Trinajstić information content (AvgIpc) is 2.68. The molecule has 19 heavy (non-hydrogen) atoms. The lowest BCUT2D eigenvalue weighted by Crippen LogP contribution is -2.34. The van der Waals surface area contributed by atoms with Crippen molar-refractivity contribution in [3.8, 4) is 0 Å². The number of thioether (sulfide) groups is 1. The molecule has 0 amide bonds. The number of nitrogens with zero attached hydrogens (tertiary/aromatic N) is 5. The zero-order valence-corrected chi connectivity index (χ0v) is 10.5. The SMILES string of the molecule is [N-]=[N+]=N[C@@H]1[C@H](O)[C@@H](CO)S[C@@H]1n1ccc(N)nc1=O. The second-order valence-electron chi connectivity index (χ2n) is 3.98. The molecule has 1 aromatic rings. The van der Waals surface area contributed by atoms with Gasteiger partial charge in [-0.1, -0.05) is 5.11 Å². The summed E-state index contributed by atoms with van der Waals surface area (Å²) < 4.78 is 1.24. The molecular weight excluding hydrogens is 272 g/mol. The van der Waals surface area contributed by atoms with E-state index in [4.69, 9.17) is 16.4 Å². The van der Waals surface area contributed by atoms with E-state index in [1.54, 1.807) is 0 Å². The molecule has 4 N–H and O–H groups in total. The molecule has 0 spiro atoms. The summed E-state index contributed by atoms with van der Waals surface area (Å²) in [5.41, 5.74) is 13.3. The first kappa shape index (κ1) is 13.7. The molecule has 1 aromatic heterocycles. The lowest BCUT2D eigenvalue weighted by atomic mass is 10.1. The third-order valence-corrected chi connectivity index (χ3v) is 4.39.